The van der Waals surface area contributed by atoms with Crippen molar-refractivity contribution >= 4 is 29.2 Å². The zero-order valence-corrected chi connectivity index (χ0v) is 9.23. The third-order valence-corrected chi connectivity index (χ3v) is 0.295. The largest absolute Gasteiger partial charge is 0.352 e. The Morgan fingerprint density at radius 3 is 2.25 bits per heavy atom. The van der Waals surface area contributed by atoms with Gasteiger partial charge in [-0.05, 0) is 0 Å². The standard InChI is InChI=1S/C2H2N3.CH3NS2.Mo.2O/c1-2-4-5-3-1;2-1(3)4;;;/h1H,(H,3,4,5);(H3,2,3,4);;;/q-1;;+2;;/p-1. The van der Waals surface area contributed by atoms with Crippen molar-refractivity contribution in [2.45, 2.75) is 0 Å². The van der Waals surface area contributed by atoms with Gasteiger partial charge in [0.1, 0.15) is 0 Å². The van der Waals surface area contributed by atoms with E-state index >= 15 is 0 Å². The van der Waals surface area contributed by atoms with Gasteiger partial charge in [-0.1, -0.05) is 4.32 Å². The molecule has 0 aliphatic carbocycles. The van der Waals surface area contributed by atoms with E-state index in [9.17, 15) is 0 Å². The van der Waals surface area contributed by atoms with Crippen LogP contribution in [-0.4, -0.2) is 19.7 Å². The minimum Gasteiger partial charge on any atom is -0.352 e. The number of aromatic nitrogens is 3. The van der Waals surface area contributed by atoms with Crippen LogP contribution >= 0.6 is 12.2 Å². The Labute approximate surface area is 87.9 Å². The van der Waals surface area contributed by atoms with E-state index in [0.29, 0.717) is 0 Å². The van der Waals surface area contributed by atoms with Crippen LogP contribution in [-0.2, 0) is 37.9 Å². The van der Waals surface area contributed by atoms with E-state index in [1.54, 1.807) is 0 Å². The Hall–Kier alpha value is -0.462. The van der Waals surface area contributed by atoms with Crippen LogP contribution in [0.1, 0.15) is 0 Å². The molecule has 0 aliphatic heterocycles. The van der Waals surface area contributed by atoms with Crippen LogP contribution in [0, 0.1) is 6.20 Å². The average Bonchev–Trinajstić information content (AvgIpc) is 2.40. The van der Waals surface area contributed by atoms with Crippen LogP contribution in [0.15, 0.2) is 6.20 Å². The smallest absolute Gasteiger partial charge is 0.112 e. The summed E-state index contributed by atoms with van der Waals surface area (Å²) in [5, 5.41) is 9.03. The van der Waals surface area contributed by atoms with Crippen LogP contribution < -0.4 is 5.73 Å². The van der Waals surface area contributed by atoms with E-state index in [1.807, 2.05) is 0 Å². The van der Waals surface area contributed by atoms with Gasteiger partial charge in [0, 0.05) is 0 Å². The van der Waals surface area contributed by atoms with Crippen molar-refractivity contribution in [2.75, 3.05) is 0 Å². The molecule has 1 aromatic heterocycles. The Morgan fingerprint density at radius 2 is 2.17 bits per heavy atom. The number of aromatic amines is 1. The van der Waals surface area contributed by atoms with E-state index in [4.69, 9.17) is 6.80 Å². The maximum absolute atomic E-state index is 8.50. The van der Waals surface area contributed by atoms with Crippen LogP contribution in [0.3, 0.4) is 0 Å². The zero-order chi connectivity index (χ0) is 9.82. The second-order valence-electron chi connectivity index (χ2n) is 0.990. The molecule has 9 heteroatoms. The number of nitrogens with one attached hydrogen (secondary N) is 1. The first kappa shape index (κ1) is 14.1. The molecule has 0 unspecified atom stereocenters. The number of nitrogens with two attached hydrogens (primary N) is 1. The first-order valence-corrected chi connectivity index (χ1v) is 4.71. The number of hydrogen-bond donors (Lipinski definition) is 2. The first-order valence-electron chi connectivity index (χ1n) is 2.25. The molecule has 3 N–H and O–H groups in total. The number of hydrogen-bond acceptors (Lipinski definition) is 6. The summed E-state index contributed by atoms with van der Waals surface area (Å²) in [5.41, 5.74) is 4.66. The Balaban J connectivity index is 0. The SMILES string of the molecule is NC(=S)[S-].[O]=[Mo+2]=[O].[c-]1c[nH]nn1. The molecule has 1 rings (SSSR count). The molecule has 1 heterocycles. The summed E-state index contributed by atoms with van der Waals surface area (Å²) >= 11 is 6.23. The maximum atomic E-state index is 8.50. The van der Waals surface area contributed by atoms with Gasteiger partial charge in [-0.2, -0.15) is 0 Å². The molecule has 0 bridgehead atoms. The summed E-state index contributed by atoms with van der Waals surface area (Å²) < 4.78 is 17.1. The predicted octanol–water partition coefficient (Wildman–Crippen LogP) is -0.858. The molecule has 0 aromatic carbocycles. The Kier molecular flexibility index (Phi) is 15.4. The van der Waals surface area contributed by atoms with Crippen LogP contribution in [0.4, 0.5) is 0 Å². The van der Waals surface area contributed by atoms with Crippen molar-refractivity contribution in [3.63, 3.8) is 0 Å². The third kappa shape index (κ3) is 33.8. The van der Waals surface area contributed by atoms with Gasteiger partial charge in [0.2, 0.25) is 0 Å². The Bertz CT molecular complexity index is 201. The molecule has 0 radical (unpaired) electrons. The molecule has 66 valence electrons. The van der Waals surface area contributed by atoms with Crippen molar-refractivity contribution in [1.82, 2.24) is 15.4 Å². The van der Waals surface area contributed by atoms with E-state index in [1.165, 1.54) is 6.20 Å². The van der Waals surface area contributed by atoms with E-state index in [2.05, 4.69) is 52.2 Å². The summed E-state index contributed by atoms with van der Waals surface area (Å²) in [5.74, 6) is 0. The summed E-state index contributed by atoms with van der Waals surface area (Å²) in [6.07, 6.45) is 3.97. The minimum atomic E-state index is -2.03. The van der Waals surface area contributed by atoms with Gasteiger partial charge in [-0.15, -0.1) is 11.4 Å². The molecule has 6 nitrogen and oxygen atoms in total. The molecule has 0 aliphatic rings. The molecule has 0 fully saturated rings. The van der Waals surface area contributed by atoms with E-state index in [0.717, 1.165) is 0 Å². The summed E-state index contributed by atoms with van der Waals surface area (Å²) in [6, 6.07) is 0. The van der Waals surface area contributed by atoms with Gasteiger partial charge in [0.05, 0.1) is 0 Å². The fraction of sp³-hybridized carbons (Fsp3) is 0. The fourth-order valence-electron chi connectivity index (χ4n) is 0.144. The molecule has 0 saturated carbocycles. The van der Waals surface area contributed by atoms with Crippen LogP contribution in [0.5, 0.6) is 0 Å². The molecule has 12 heavy (non-hydrogen) atoms. The van der Waals surface area contributed by atoms with Crippen molar-refractivity contribution in [2.24, 2.45) is 5.73 Å². The predicted molar refractivity (Wildman–Crippen MR) is 40.7 cm³/mol. The summed E-state index contributed by atoms with van der Waals surface area (Å²) in [4.78, 5) is 0. The maximum Gasteiger partial charge on any atom is -0.112 e. The normalized spacial score (nSPS) is 6.00. The number of H-pyrrole nitrogens is 1. The van der Waals surface area contributed by atoms with Crippen LogP contribution in [0.25, 0.3) is 0 Å². The number of thiocarbonyl (C=S) groups is 1. The van der Waals surface area contributed by atoms with Gasteiger partial charge < -0.3 is 47.0 Å². The van der Waals surface area contributed by atoms with Crippen molar-refractivity contribution < 1.29 is 25.3 Å². The van der Waals surface area contributed by atoms with Crippen molar-refractivity contribution in [3.05, 3.63) is 12.4 Å². The first-order chi connectivity index (χ1) is 5.65. The summed E-state index contributed by atoms with van der Waals surface area (Å²) in [6.45, 7) is 0. The van der Waals surface area contributed by atoms with E-state index < -0.39 is 18.5 Å². The second-order valence-corrected chi connectivity index (χ2v) is 2.46. The topological polar surface area (TPSA) is 102 Å². The molecular formula is C3H4MoN4O2S2. The van der Waals surface area contributed by atoms with Gasteiger partial charge in [0.15, 0.2) is 0 Å². The van der Waals surface area contributed by atoms with Crippen molar-refractivity contribution in [1.29, 1.82) is 0 Å². The minimum absolute atomic E-state index is 0.0833. The van der Waals surface area contributed by atoms with Crippen molar-refractivity contribution in [3.8, 4) is 0 Å². The monoisotopic (exact) mass is 290 g/mol. The Morgan fingerprint density at radius 1 is 1.75 bits per heavy atom. The van der Waals surface area contributed by atoms with Crippen LogP contribution in [0.2, 0.25) is 0 Å². The molecule has 0 spiro atoms. The van der Waals surface area contributed by atoms with Gasteiger partial charge in [-0.25, -0.2) is 0 Å². The zero-order valence-electron chi connectivity index (χ0n) is 5.59. The fourth-order valence-corrected chi connectivity index (χ4v) is 0.144. The number of rotatable bonds is 0. The quantitative estimate of drug-likeness (QED) is 0.277. The van der Waals surface area contributed by atoms with Gasteiger partial charge in [0.25, 0.3) is 0 Å². The number of nitrogens with zero attached hydrogens (tertiary/aromatic N) is 2. The van der Waals surface area contributed by atoms with Gasteiger partial charge in [-0.3, -0.25) is 0 Å². The summed E-state index contributed by atoms with van der Waals surface area (Å²) in [7, 11) is 0. The van der Waals surface area contributed by atoms with E-state index in [-0.39, 0.29) is 4.32 Å². The molecule has 0 saturated heterocycles. The molecule has 0 atom stereocenters. The second kappa shape index (κ2) is 13.2. The average molecular weight is 288 g/mol. The third-order valence-electron chi connectivity index (χ3n) is 0.295. The van der Waals surface area contributed by atoms with Gasteiger partial charge >= 0.3 is 25.3 Å². The molecule has 1 aromatic rings. The molecule has 0 amide bonds. The molecular weight excluding hydrogens is 284 g/mol.